The van der Waals surface area contributed by atoms with Crippen LogP contribution in [0.3, 0.4) is 0 Å². The molecule has 1 aromatic heterocycles. The molecule has 0 saturated carbocycles. The summed E-state index contributed by atoms with van der Waals surface area (Å²) in [5.41, 5.74) is 1.83. The van der Waals surface area contributed by atoms with Gasteiger partial charge in [0.25, 0.3) is 5.91 Å². The number of aromatic nitrogens is 1. The fraction of sp³-hybridized carbons (Fsp3) is 0.429. The normalized spacial score (nSPS) is 24.4. The minimum atomic E-state index is 0.154. The maximum atomic E-state index is 13.2. The Morgan fingerprint density at radius 1 is 1.15 bits per heavy atom. The van der Waals surface area contributed by atoms with Gasteiger partial charge in [-0.15, -0.1) is 0 Å². The standard InChI is InChI=1S/C21H25N3O2/c1-23(2)16-6-3-5-15(11-16)21(25)24-17-8-9-18(24)13-20(12-17)26-19-7-4-10-22-14-19/h3-7,10-11,14,17-18,20H,8-9,12-13H2,1-2H3. The Morgan fingerprint density at radius 3 is 2.58 bits per heavy atom. The molecule has 2 fully saturated rings. The molecule has 2 aliphatic heterocycles. The summed E-state index contributed by atoms with van der Waals surface area (Å²) >= 11 is 0. The zero-order chi connectivity index (χ0) is 18.1. The highest BCUT2D eigenvalue weighted by molar-refractivity contribution is 5.95. The Labute approximate surface area is 154 Å². The monoisotopic (exact) mass is 351 g/mol. The summed E-state index contributed by atoms with van der Waals surface area (Å²) in [5.74, 6) is 0.969. The number of benzene rings is 1. The third-order valence-electron chi connectivity index (χ3n) is 5.47. The van der Waals surface area contributed by atoms with Crippen molar-refractivity contribution in [3.05, 3.63) is 54.4 Å². The van der Waals surface area contributed by atoms with Crippen LogP contribution in [0.4, 0.5) is 5.69 Å². The molecule has 1 amide bonds. The third kappa shape index (κ3) is 3.26. The second-order valence-electron chi connectivity index (χ2n) is 7.44. The van der Waals surface area contributed by atoms with Crippen LogP contribution < -0.4 is 9.64 Å². The summed E-state index contributed by atoms with van der Waals surface area (Å²) < 4.78 is 6.11. The lowest BCUT2D eigenvalue weighted by atomic mass is 9.98. The summed E-state index contributed by atoms with van der Waals surface area (Å²) in [6, 6.07) is 12.3. The van der Waals surface area contributed by atoms with Gasteiger partial charge in [0, 0.05) is 56.5 Å². The highest BCUT2D eigenvalue weighted by Crippen LogP contribution is 2.38. The molecule has 2 aliphatic rings. The number of hydrogen-bond donors (Lipinski definition) is 0. The van der Waals surface area contributed by atoms with E-state index in [1.165, 1.54) is 0 Å². The highest BCUT2D eigenvalue weighted by Gasteiger charge is 2.44. The van der Waals surface area contributed by atoms with Crippen LogP contribution in [0.5, 0.6) is 5.75 Å². The van der Waals surface area contributed by atoms with Crippen molar-refractivity contribution in [1.29, 1.82) is 0 Å². The molecule has 2 atom stereocenters. The fourth-order valence-electron chi connectivity index (χ4n) is 4.23. The van der Waals surface area contributed by atoms with Gasteiger partial charge in [-0.1, -0.05) is 6.07 Å². The first-order valence-corrected chi connectivity index (χ1v) is 9.28. The molecule has 2 bridgehead atoms. The first-order chi connectivity index (χ1) is 12.6. The molecule has 5 heteroatoms. The van der Waals surface area contributed by atoms with E-state index < -0.39 is 0 Å². The van der Waals surface area contributed by atoms with E-state index in [-0.39, 0.29) is 24.1 Å². The van der Waals surface area contributed by atoms with E-state index in [9.17, 15) is 4.79 Å². The van der Waals surface area contributed by atoms with Gasteiger partial charge in [-0.05, 0) is 43.2 Å². The smallest absolute Gasteiger partial charge is 0.254 e. The van der Waals surface area contributed by atoms with Crippen LogP contribution in [0.1, 0.15) is 36.0 Å². The zero-order valence-electron chi connectivity index (χ0n) is 15.3. The van der Waals surface area contributed by atoms with Crippen molar-refractivity contribution < 1.29 is 9.53 Å². The molecular formula is C21H25N3O2. The van der Waals surface area contributed by atoms with Gasteiger partial charge in [0.05, 0.1) is 6.20 Å². The Morgan fingerprint density at radius 2 is 1.92 bits per heavy atom. The predicted octanol–water partition coefficient (Wildman–Crippen LogP) is 3.36. The molecule has 1 aromatic carbocycles. The summed E-state index contributed by atoms with van der Waals surface area (Å²) in [7, 11) is 3.99. The van der Waals surface area contributed by atoms with Crippen molar-refractivity contribution in [2.24, 2.45) is 0 Å². The van der Waals surface area contributed by atoms with E-state index in [0.29, 0.717) is 0 Å². The number of amides is 1. The highest BCUT2D eigenvalue weighted by atomic mass is 16.5. The predicted molar refractivity (Wildman–Crippen MR) is 102 cm³/mol. The molecule has 0 spiro atoms. The number of piperidine rings is 1. The second kappa shape index (κ2) is 6.98. The number of fused-ring (bicyclic) bond motifs is 2. The number of ether oxygens (including phenoxy) is 1. The van der Waals surface area contributed by atoms with E-state index in [1.54, 1.807) is 12.4 Å². The number of anilines is 1. The maximum Gasteiger partial charge on any atom is 0.254 e. The first-order valence-electron chi connectivity index (χ1n) is 9.28. The lowest BCUT2D eigenvalue weighted by Gasteiger charge is -2.39. The van der Waals surface area contributed by atoms with Crippen LogP contribution in [0.2, 0.25) is 0 Å². The van der Waals surface area contributed by atoms with Gasteiger partial charge < -0.3 is 14.5 Å². The number of hydrogen-bond acceptors (Lipinski definition) is 4. The molecule has 2 aromatic rings. The number of pyridine rings is 1. The summed E-state index contributed by atoms with van der Waals surface area (Å²) in [5, 5.41) is 0. The molecule has 2 unspecified atom stereocenters. The van der Waals surface area contributed by atoms with Gasteiger partial charge in [-0.3, -0.25) is 9.78 Å². The lowest BCUT2D eigenvalue weighted by Crippen LogP contribution is -2.49. The minimum absolute atomic E-state index is 0.154. The number of carbonyl (C=O) groups is 1. The molecule has 4 rings (SSSR count). The zero-order valence-corrected chi connectivity index (χ0v) is 15.3. The first kappa shape index (κ1) is 16.9. The summed E-state index contributed by atoms with van der Waals surface area (Å²) in [6.45, 7) is 0. The van der Waals surface area contributed by atoms with Crippen LogP contribution in [-0.2, 0) is 0 Å². The van der Waals surface area contributed by atoms with Crippen molar-refractivity contribution in [3.8, 4) is 5.75 Å². The van der Waals surface area contributed by atoms with E-state index >= 15 is 0 Å². The van der Waals surface area contributed by atoms with Gasteiger partial charge in [0.1, 0.15) is 11.9 Å². The van der Waals surface area contributed by atoms with Gasteiger partial charge >= 0.3 is 0 Å². The van der Waals surface area contributed by atoms with E-state index in [2.05, 4.69) is 9.88 Å². The molecule has 2 saturated heterocycles. The van der Waals surface area contributed by atoms with Crippen LogP contribution in [0.15, 0.2) is 48.8 Å². The Hall–Kier alpha value is -2.56. The molecule has 0 N–H and O–H groups in total. The van der Waals surface area contributed by atoms with Crippen LogP contribution in [-0.4, -0.2) is 48.1 Å². The number of carbonyl (C=O) groups excluding carboxylic acids is 1. The lowest BCUT2D eigenvalue weighted by molar-refractivity contribution is 0.0358. The average molecular weight is 351 g/mol. The second-order valence-corrected chi connectivity index (χ2v) is 7.44. The summed E-state index contributed by atoms with van der Waals surface area (Å²) in [4.78, 5) is 21.4. The maximum absolute atomic E-state index is 13.2. The Bertz CT molecular complexity index is 764. The Kier molecular flexibility index (Phi) is 4.53. The number of nitrogens with zero attached hydrogens (tertiary/aromatic N) is 3. The quantitative estimate of drug-likeness (QED) is 0.847. The third-order valence-corrected chi connectivity index (χ3v) is 5.47. The van der Waals surface area contributed by atoms with Crippen LogP contribution in [0.25, 0.3) is 0 Å². The van der Waals surface area contributed by atoms with Gasteiger partial charge in [-0.25, -0.2) is 0 Å². The number of rotatable bonds is 4. The fourth-order valence-corrected chi connectivity index (χ4v) is 4.23. The van der Waals surface area contributed by atoms with E-state index in [1.807, 2.05) is 55.4 Å². The van der Waals surface area contributed by atoms with Crippen molar-refractivity contribution >= 4 is 11.6 Å². The van der Waals surface area contributed by atoms with Gasteiger partial charge in [0.15, 0.2) is 0 Å². The molecular weight excluding hydrogens is 326 g/mol. The molecule has 0 aliphatic carbocycles. The average Bonchev–Trinajstić information content (AvgIpc) is 2.92. The van der Waals surface area contributed by atoms with E-state index in [0.717, 1.165) is 42.7 Å². The van der Waals surface area contributed by atoms with Crippen molar-refractivity contribution in [1.82, 2.24) is 9.88 Å². The van der Waals surface area contributed by atoms with Crippen molar-refractivity contribution in [2.75, 3.05) is 19.0 Å². The summed E-state index contributed by atoms with van der Waals surface area (Å²) in [6.07, 6.45) is 7.59. The topological polar surface area (TPSA) is 45.7 Å². The molecule has 5 nitrogen and oxygen atoms in total. The Balaban J connectivity index is 1.48. The molecule has 3 heterocycles. The SMILES string of the molecule is CN(C)c1cccc(C(=O)N2C3CCC2CC(Oc2cccnc2)C3)c1. The molecule has 136 valence electrons. The van der Waals surface area contributed by atoms with Gasteiger partial charge in [-0.2, -0.15) is 0 Å². The van der Waals surface area contributed by atoms with Crippen LogP contribution >= 0.6 is 0 Å². The molecule has 0 radical (unpaired) electrons. The largest absolute Gasteiger partial charge is 0.489 e. The van der Waals surface area contributed by atoms with Crippen LogP contribution in [0, 0.1) is 0 Å². The minimum Gasteiger partial charge on any atom is -0.489 e. The van der Waals surface area contributed by atoms with Crippen molar-refractivity contribution in [2.45, 2.75) is 43.9 Å². The molecule has 26 heavy (non-hydrogen) atoms. The van der Waals surface area contributed by atoms with E-state index in [4.69, 9.17) is 4.74 Å². The van der Waals surface area contributed by atoms with Gasteiger partial charge in [0.2, 0.25) is 0 Å². The van der Waals surface area contributed by atoms with Crippen molar-refractivity contribution in [3.63, 3.8) is 0 Å².